The lowest BCUT2D eigenvalue weighted by atomic mass is 10.4. The Kier molecular flexibility index (Phi) is 7.00. The second-order valence-electron chi connectivity index (χ2n) is 2.86. The second kappa shape index (κ2) is 7.49. The topological polar surface area (TPSA) is 58.4 Å². The summed E-state index contributed by atoms with van der Waals surface area (Å²) in [5.41, 5.74) is 5.21. The monoisotopic (exact) mass is 209 g/mol. The molecule has 0 radical (unpaired) electrons. The Morgan fingerprint density at radius 3 is 2.64 bits per heavy atom. The molecule has 6 heteroatoms. The molecule has 0 aromatic carbocycles. The molecule has 0 aliphatic heterocycles. The minimum Gasteiger partial charge on any atom is -0.338 e. The molecule has 0 aliphatic rings. The number of carbonyl (C=O) groups excluding carboxylic acids is 1. The third-order valence-corrected chi connectivity index (χ3v) is 1.57. The van der Waals surface area contributed by atoms with E-state index in [9.17, 15) is 13.6 Å². The summed E-state index contributed by atoms with van der Waals surface area (Å²) in [6.45, 7) is 2.16. The van der Waals surface area contributed by atoms with Gasteiger partial charge in [-0.05, 0) is 6.42 Å². The van der Waals surface area contributed by atoms with Gasteiger partial charge in [-0.25, -0.2) is 13.6 Å². The van der Waals surface area contributed by atoms with Gasteiger partial charge in [-0.1, -0.05) is 6.92 Å². The summed E-state index contributed by atoms with van der Waals surface area (Å²) >= 11 is 0. The molecule has 0 aliphatic carbocycles. The van der Waals surface area contributed by atoms with Gasteiger partial charge in [0.25, 0.3) is 6.43 Å². The zero-order valence-corrected chi connectivity index (χ0v) is 8.30. The Morgan fingerprint density at radius 1 is 1.57 bits per heavy atom. The number of rotatable bonds is 6. The van der Waals surface area contributed by atoms with Crippen LogP contribution in [-0.2, 0) is 0 Å². The SMILES string of the molecule is CCCNC(=O)N(CCN)CC(F)F. The molecule has 0 rings (SSSR count). The molecular formula is C8H17F2N3O. The van der Waals surface area contributed by atoms with E-state index in [4.69, 9.17) is 5.73 Å². The first-order valence-electron chi connectivity index (χ1n) is 4.62. The van der Waals surface area contributed by atoms with Crippen molar-refractivity contribution in [2.75, 3.05) is 26.2 Å². The molecule has 0 aromatic rings. The predicted octanol–water partition coefficient (Wildman–Crippen LogP) is 0.632. The van der Waals surface area contributed by atoms with Gasteiger partial charge < -0.3 is 16.0 Å². The van der Waals surface area contributed by atoms with E-state index in [2.05, 4.69) is 5.32 Å². The Bertz CT molecular complexity index is 167. The molecule has 0 unspecified atom stereocenters. The van der Waals surface area contributed by atoms with Crippen molar-refractivity contribution in [2.24, 2.45) is 5.73 Å². The van der Waals surface area contributed by atoms with Gasteiger partial charge in [0.1, 0.15) is 0 Å². The third-order valence-electron chi connectivity index (χ3n) is 1.57. The number of amides is 2. The van der Waals surface area contributed by atoms with Crippen LogP contribution in [0.4, 0.5) is 13.6 Å². The van der Waals surface area contributed by atoms with Crippen molar-refractivity contribution in [3.8, 4) is 0 Å². The number of carbonyl (C=O) groups is 1. The Labute approximate surface area is 82.4 Å². The van der Waals surface area contributed by atoms with Crippen LogP contribution in [0.25, 0.3) is 0 Å². The summed E-state index contributed by atoms with van der Waals surface area (Å²) in [6.07, 6.45) is -1.74. The molecular weight excluding hydrogens is 192 g/mol. The summed E-state index contributed by atoms with van der Waals surface area (Å²) in [5, 5.41) is 2.52. The van der Waals surface area contributed by atoms with Crippen LogP contribution in [0.2, 0.25) is 0 Å². The van der Waals surface area contributed by atoms with Crippen LogP contribution in [0.3, 0.4) is 0 Å². The third kappa shape index (κ3) is 5.69. The summed E-state index contributed by atoms with van der Waals surface area (Å²) in [7, 11) is 0. The Balaban J connectivity index is 3.97. The van der Waals surface area contributed by atoms with Crippen LogP contribution in [0.15, 0.2) is 0 Å². The minimum atomic E-state index is -2.52. The second-order valence-corrected chi connectivity index (χ2v) is 2.86. The molecule has 0 bridgehead atoms. The quantitative estimate of drug-likeness (QED) is 0.674. The standard InChI is InChI=1S/C8H17F2N3O/c1-2-4-12-8(14)13(5-3-11)6-7(9)10/h7H,2-6,11H2,1H3,(H,12,14). The molecule has 0 spiro atoms. The molecule has 2 amide bonds. The Morgan fingerprint density at radius 2 is 2.21 bits per heavy atom. The normalized spacial score (nSPS) is 10.4. The van der Waals surface area contributed by atoms with Gasteiger partial charge in [-0.3, -0.25) is 0 Å². The molecule has 0 saturated heterocycles. The van der Waals surface area contributed by atoms with E-state index >= 15 is 0 Å². The first-order chi connectivity index (χ1) is 6.61. The summed E-state index contributed by atoms with van der Waals surface area (Å²) < 4.78 is 24.1. The average molecular weight is 209 g/mol. The van der Waals surface area contributed by atoms with Crippen molar-refractivity contribution in [3.63, 3.8) is 0 Å². The first kappa shape index (κ1) is 13.1. The van der Waals surface area contributed by atoms with Gasteiger partial charge >= 0.3 is 6.03 Å². The van der Waals surface area contributed by atoms with E-state index in [-0.39, 0.29) is 13.1 Å². The van der Waals surface area contributed by atoms with Crippen molar-refractivity contribution in [2.45, 2.75) is 19.8 Å². The van der Waals surface area contributed by atoms with E-state index in [0.717, 1.165) is 11.3 Å². The highest BCUT2D eigenvalue weighted by atomic mass is 19.3. The molecule has 4 nitrogen and oxygen atoms in total. The summed E-state index contributed by atoms with van der Waals surface area (Å²) in [5.74, 6) is 0. The fourth-order valence-corrected chi connectivity index (χ4v) is 0.942. The van der Waals surface area contributed by atoms with E-state index in [0.29, 0.717) is 6.54 Å². The van der Waals surface area contributed by atoms with Crippen LogP contribution in [0, 0.1) is 0 Å². The number of nitrogens with one attached hydrogen (secondary N) is 1. The van der Waals surface area contributed by atoms with Crippen LogP contribution in [0.1, 0.15) is 13.3 Å². The van der Waals surface area contributed by atoms with Crippen LogP contribution >= 0.6 is 0 Å². The molecule has 0 fully saturated rings. The molecule has 0 atom stereocenters. The van der Waals surface area contributed by atoms with Crippen LogP contribution in [-0.4, -0.2) is 43.5 Å². The maximum absolute atomic E-state index is 12.0. The van der Waals surface area contributed by atoms with Gasteiger partial charge in [0.2, 0.25) is 0 Å². The fraction of sp³-hybridized carbons (Fsp3) is 0.875. The summed E-state index contributed by atoms with van der Waals surface area (Å²) in [4.78, 5) is 12.3. The predicted molar refractivity (Wildman–Crippen MR) is 50.3 cm³/mol. The molecule has 0 saturated carbocycles. The van der Waals surface area contributed by atoms with E-state index in [1.54, 1.807) is 0 Å². The molecule has 3 N–H and O–H groups in total. The maximum Gasteiger partial charge on any atom is 0.317 e. The van der Waals surface area contributed by atoms with Crippen LogP contribution < -0.4 is 11.1 Å². The number of nitrogens with zero attached hydrogens (tertiary/aromatic N) is 1. The number of halogens is 2. The largest absolute Gasteiger partial charge is 0.338 e. The number of hydrogen-bond acceptors (Lipinski definition) is 2. The zero-order chi connectivity index (χ0) is 11.0. The summed E-state index contributed by atoms with van der Waals surface area (Å²) in [6, 6.07) is -0.474. The number of urea groups is 1. The average Bonchev–Trinajstić information content (AvgIpc) is 2.13. The van der Waals surface area contributed by atoms with Gasteiger partial charge in [-0.2, -0.15) is 0 Å². The highest BCUT2D eigenvalue weighted by Crippen LogP contribution is 1.98. The van der Waals surface area contributed by atoms with Crippen LogP contribution in [0.5, 0.6) is 0 Å². The molecule has 0 aromatic heterocycles. The van der Waals surface area contributed by atoms with Gasteiger partial charge in [0, 0.05) is 19.6 Å². The number of alkyl halides is 2. The van der Waals surface area contributed by atoms with Gasteiger partial charge in [0.15, 0.2) is 0 Å². The number of nitrogens with two attached hydrogens (primary N) is 1. The highest BCUT2D eigenvalue weighted by Gasteiger charge is 2.16. The fourth-order valence-electron chi connectivity index (χ4n) is 0.942. The zero-order valence-electron chi connectivity index (χ0n) is 8.30. The highest BCUT2D eigenvalue weighted by molar-refractivity contribution is 5.74. The van der Waals surface area contributed by atoms with Crippen molar-refractivity contribution in [1.29, 1.82) is 0 Å². The Hall–Kier alpha value is -0.910. The lowest BCUT2D eigenvalue weighted by Gasteiger charge is -2.21. The van der Waals surface area contributed by atoms with Crippen molar-refractivity contribution in [1.82, 2.24) is 10.2 Å². The molecule has 84 valence electrons. The van der Waals surface area contributed by atoms with Gasteiger partial charge in [-0.15, -0.1) is 0 Å². The molecule has 0 heterocycles. The maximum atomic E-state index is 12.0. The van der Waals surface area contributed by atoms with Crippen molar-refractivity contribution >= 4 is 6.03 Å². The van der Waals surface area contributed by atoms with Gasteiger partial charge in [0.05, 0.1) is 6.54 Å². The van der Waals surface area contributed by atoms with E-state index < -0.39 is 19.0 Å². The van der Waals surface area contributed by atoms with E-state index in [1.807, 2.05) is 6.92 Å². The minimum absolute atomic E-state index is 0.153. The smallest absolute Gasteiger partial charge is 0.317 e. The van der Waals surface area contributed by atoms with Crippen molar-refractivity contribution < 1.29 is 13.6 Å². The lowest BCUT2D eigenvalue weighted by molar-refractivity contribution is 0.0995. The number of hydrogen-bond donors (Lipinski definition) is 2. The van der Waals surface area contributed by atoms with Crippen molar-refractivity contribution in [3.05, 3.63) is 0 Å². The lowest BCUT2D eigenvalue weighted by Crippen LogP contribution is -2.44. The molecule has 14 heavy (non-hydrogen) atoms. The first-order valence-corrected chi connectivity index (χ1v) is 4.62. The van der Waals surface area contributed by atoms with E-state index in [1.165, 1.54) is 0 Å².